The quantitative estimate of drug-likeness (QED) is 0.692. The Morgan fingerprint density at radius 3 is 2.44 bits per heavy atom. The molecule has 0 saturated carbocycles. The lowest BCUT2D eigenvalue weighted by atomic mass is 10.2. The Morgan fingerprint density at radius 2 is 1.83 bits per heavy atom. The zero-order chi connectivity index (χ0) is 13.1. The van der Waals surface area contributed by atoms with Crippen molar-refractivity contribution >= 4 is 27.5 Å². The molecule has 94 valence electrons. The zero-order valence-electron chi connectivity index (χ0n) is 9.09. The highest BCUT2D eigenvalue weighted by Gasteiger charge is 2.07. The molecule has 0 spiro atoms. The molecule has 0 bridgehead atoms. The average molecular weight is 334 g/mol. The second-order valence-corrected chi connectivity index (χ2v) is 4.54. The van der Waals surface area contributed by atoms with Gasteiger partial charge in [-0.05, 0) is 29.8 Å². The van der Waals surface area contributed by atoms with Crippen LogP contribution in [0.25, 0.3) is 0 Å². The summed E-state index contributed by atoms with van der Waals surface area (Å²) in [6, 6.07) is 8.57. The van der Waals surface area contributed by atoms with Gasteiger partial charge < -0.3 is 4.74 Å². The fourth-order valence-electron chi connectivity index (χ4n) is 1.38. The van der Waals surface area contributed by atoms with Gasteiger partial charge in [0.1, 0.15) is 11.5 Å². The molecular formula is C13H8BrClF2O. The van der Waals surface area contributed by atoms with Gasteiger partial charge in [-0.2, -0.15) is 0 Å². The van der Waals surface area contributed by atoms with Crippen LogP contribution in [0.1, 0.15) is 5.56 Å². The standard InChI is InChI=1S/C13H8BrClF2O/c14-7-8-1-4-13(10(15)5-8)18-9-2-3-11(16)12(17)6-9/h1-6H,7H2. The van der Waals surface area contributed by atoms with Crippen LogP contribution in [0.15, 0.2) is 36.4 Å². The first-order valence-corrected chi connectivity index (χ1v) is 6.57. The van der Waals surface area contributed by atoms with E-state index in [0.717, 1.165) is 17.7 Å². The largest absolute Gasteiger partial charge is 0.456 e. The van der Waals surface area contributed by atoms with Crippen LogP contribution in [0, 0.1) is 11.6 Å². The zero-order valence-corrected chi connectivity index (χ0v) is 11.4. The molecule has 0 aliphatic heterocycles. The van der Waals surface area contributed by atoms with Crippen LogP contribution in [0.2, 0.25) is 5.02 Å². The second kappa shape index (κ2) is 5.67. The van der Waals surface area contributed by atoms with Gasteiger partial charge in [0.2, 0.25) is 0 Å². The normalized spacial score (nSPS) is 10.4. The van der Waals surface area contributed by atoms with E-state index in [2.05, 4.69) is 15.9 Å². The Kier molecular flexibility index (Phi) is 4.19. The number of alkyl halides is 1. The molecule has 0 aliphatic rings. The lowest BCUT2D eigenvalue weighted by Crippen LogP contribution is -1.89. The van der Waals surface area contributed by atoms with E-state index in [-0.39, 0.29) is 5.75 Å². The molecule has 18 heavy (non-hydrogen) atoms. The summed E-state index contributed by atoms with van der Waals surface area (Å²) in [5.74, 6) is -1.28. The van der Waals surface area contributed by atoms with E-state index >= 15 is 0 Å². The molecule has 0 aliphatic carbocycles. The lowest BCUT2D eigenvalue weighted by Gasteiger charge is -2.08. The second-order valence-electron chi connectivity index (χ2n) is 3.58. The minimum absolute atomic E-state index is 0.197. The topological polar surface area (TPSA) is 9.23 Å². The van der Waals surface area contributed by atoms with E-state index in [1.54, 1.807) is 12.1 Å². The van der Waals surface area contributed by atoms with Gasteiger partial charge in [-0.15, -0.1) is 0 Å². The molecular weight excluding hydrogens is 325 g/mol. The third-order valence-electron chi connectivity index (χ3n) is 2.27. The van der Waals surface area contributed by atoms with Crippen LogP contribution in [0.5, 0.6) is 11.5 Å². The van der Waals surface area contributed by atoms with E-state index in [1.807, 2.05) is 6.07 Å². The number of ether oxygens (including phenoxy) is 1. The molecule has 0 atom stereocenters. The van der Waals surface area contributed by atoms with Gasteiger partial charge in [0.05, 0.1) is 5.02 Å². The molecule has 0 heterocycles. The number of rotatable bonds is 3. The van der Waals surface area contributed by atoms with Crippen molar-refractivity contribution < 1.29 is 13.5 Å². The highest BCUT2D eigenvalue weighted by atomic mass is 79.9. The van der Waals surface area contributed by atoms with E-state index in [4.69, 9.17) is 16.3 Å². The molecule has 0 saturated heterocycles. The highest BCUT2D eigenvalue weighted by Crippen LogP contribution is 2.31. The van der Waals surface area contributed by atoms with Crippen molar-refractivity contribution in [2.75, 3.05) is 0 Å². The van der Waals surface area contributed by atoms with Crippen LogP contribution in [0.4, 0.5) is 8.78 Å². The third-order valence-corrected chi connectivity index (χ3v) is 3.21. The molecule has 0 N–H and O–H groups in total. The number of hydrogen-bond donors (Lipinski definition) is 0. The van der Waals surface area contributed by atoms with Crippen LogP contribution in [-0.2, 0) is 5.33 Å². The van der Waals surface area contributed by atoms with Gasteiger partial charge in [-0.25, -0.2) is 8.78 Å². The molecule has 0 aromatic heterocycles. The van der Waals surface area contributed by atoms with Crippen molar-refractivity contribution in [2.24, 2.45) is 0 Å². The summed E-state index contributed by atoms with van der Waals surface area (Å²) >= 11 is 9.33. The van der Waals surface area contributed by atoms with Gasteiger partial charge in [-0.1, -0.05) is 33.6 Å². The van der Waals surface area contributed by atoms with Crippen LogP contribution < -0.4 is 4.74 Å². The summed E-state index contributed by atoms with van der Waals surface area (Å²) in [5.41, 5.74) is 0.998. The first-order valence-electron chi connectivity index (χ1n) is 5.07. The molecule has 1 nitrogen and oxygen atoms in total. The molecule has 0 fully saturated rings. The van der Waals surface area contributed by atoms with Gasteiger partial charge in [0, 0.05) is 11.4 Å². The van der Waals surface area contributed by atoms with E-state index in [9.17, 15) is 8.78 Å². The summed E-state index contributed by atoms with van der Waals surface area (Å²) in [7, 11) is 0. The minimum atomic E-state index is -0.958. The van der Waals surface area contributed by atoms with Gasteiger partial charge in [0.25, 0.3) is 0 Å². The fraction of sp³-hybridized carbons (Fsp3) is 0.0769. The minimum Gasteiger partial charge on any atom is -0.456 e. The maximum Gasteiger partial charge on any atom is 0.162 e. The Balaban J connectivity index is 2.25. The van der Waals surface area contributed by atoms with E-state index < -0.39 is 11.6 Å². The molecule has 0 amide bonds. The van der Waals surface area contributed by atoms with Crippen LogP contribution in [0.3, 0.4) is 0 Å². The predicted octanol–water partition coefficient (Wildman–Crippen LogP) is 5.31. The van der Waals surface area contributed by atoms with Gasteiger partial charge in [0.15, 0.2) is 11.6 Å². The van der Waals surface area contributed by atoms with Crippen molar-refractivity contribution in [3.63, 3.8) is 0 Å². The molecule has 0 unspecified atom stereocenters. The predicted molar refractivity (Wildman–Crippen MR) is 70.5 cm³/mol. The first-order chi connectivity index (χ1) is 8.60. The average Bonchev–Trinajstić information content (AvgIpc) is 2.36. The monoisotopic (exact) mass is 332 g/mol. The van der Waals surface area contributed by atoms with Crippen molar-refractivity contribution in [3.8, 4) is 11.5 Å². The molecule has 2 aromatic carbocycles. The lowest BCUT2D eigenvalue weighted by molar-refractivity contribution is 0.461. The fourth-order valence-corrected chi connectivity index (χ4v) is 1.97. The summed E-state index contributed by atoms with van der Waals surface area (Å²) in [4.78, 5) is 0. The Bertz CT molecular complexity index is 575. The van der Waals surface area contributed by atoms with Gasteiger partial charge in [-0.3, -0.25) is 0 Å². The molecule has 0 radical (unpaired) electrons. The maximum atomic E-state index is 13.0. The maximum absolute atomic E-state index is 13.0. The summed E-state index contributed by atoms with van der Waals surface area (Å²) in [6.45, 7) is 0. The van der Waals surface area contributed by atoms with E-state index in [0.29, 0.717) is 16.1 Å². The van der Waals surface area contributed by atoms with Crippen molar-refractivity contribution in [3.05, 3.63) is 58.6 Å². The van der Waals surface area contributed by atoms with Crippen molar-refractivity contribution in [2.45, 2.75) is 5.33 Å². The van der Waals surface area contributed by atoms with Crippen LogP contribution in [-0.4, -0.2) is 0 Å². The smallest absolute Gasteiger partial charge is 0.162 e. The number of halogens is 4. The summed E-state index contributed by atoms with van der Waals surface area (Å²) in [6.07, 6.45) is 0. The summed E-state index contributed by atoms with van der Waals surface area (Å²) in [5, 5.41) is 1.09. The number of benzene rings is 2. The third kappa shape index (κ3) is 3.00. The Morgan fingerprint density at radius 1 is 1.06 bits per heavy atom. The Hall–Kier alpha value is -1.13. The summed E-state index contributed by atoms with van der Waals surface area (Å²) < 4.78 is 31.2. The van der Waals surface area contributed by atoms with Crippen molar-refractivity contribution in [1.29, 1.82) is 0 Å². The first kappa shape index (κ1) is 13.3. The molecule has 2 rings (SSSR count). The SMILES string of the molecule is Fc1ccc(Oc2ccc(CBr)cc2Cl)cc1F. The van der Waals surface area contributed by atoms with E-state index in [1.165, 1.54) is 6.07 Å². The molecule has 5 heteroatoms. The highest BCUT2D eigenvalue weighted by molar-refractivity contribution is 9.08. The molecule has 2 aromatic rings. The Labute approximate surface area is 116 Å². The van der Waals surface area contributed by atoms with Gasteiger partial charge >= 0.3 is 0 Å². The van der Waals surface area contributed by atoms with Crippen LogP contribution >= 0.6 is 27.5 Å². The van der Waals surface area contributed by atoms with Crippen molar-refractivity contribution in [1.82, 2.24) is 0 Å². The number of hydrogen-bond acceptors (Lipinski definition) is 1.